The largest absolute Gasteiger partial charge is 0.289 e. The van der Waals surface area contributed by atoms with Gasteiger partial charge in [0.15, 0.2) is 6.29 Å². The average molecular weight is 150 g/mol. The van der Waals surface area contributed by atoms with Crippen LogP contribution in [-0.2, 0) is 4.79 Å². The molecule has 0 bridgehead atoms. The molecule has 1 nitrogen and oxygen atoms in total. The monoisotopic (exact) mass is 150 g/mol. The molecule has 0 N–H and O–H groups in total. The predicted octanol–water partition coefficient (Wildman–Crippen LogP) is 1.07. The van der Waals surface area contributed by atoms with Gasteiger partial charge in [0.05, 0.1) is 0 Å². The molecule has 0 spiro atoms. The summed E-state index contributed by atoms with van der Waals surface area (Å²) in [7, 11) is -1.29. The first-order valence-electron chi connectivity index (χ1n) is 3.02. The molecule has 0 amide bonds. The first-order chi connectivity index (χ1) is 4.56. The molecule has 0 unspecified atom stereocenters. The second-order valence-corrected chi connectivity index (χ2v) is 7.64. The third-order valence-electron chi connectivity index (χ3n) is 0.631. The van der Waals surface area contributed by atoms with E-state index in [4.69, 9.17) is 0 Å². The normalized spacial score (nSPS) is 8.30. The van der Waals surface area contributed by atoms with E-state index >= 15 is 0 Å². The Hall–Kier alpha value is -0.993. The molecule has 0 aliphatic heterocycles. The van der Waals surface area contributed by atoms with Crippen molar-refractivity contribution in [1.29, 1.82) is 0 Å². The zero-order valence-electron chi connectivity index (χ0n) is 6.49. The molecule has 0 fully saturated rings. The van der Waals surface area contributed by atoms with E-state index in [-0.39, 0.29) is 0 Å². The van der Waals surface area contributed by atoms with Gasteiger partial charge < -0.3 is 0 Å². The van der Waals surface area contributed by atoms with Gasteiger partial charge in [0, 0.05) is 0 Å². The number of hydrogen-bond donors (Lipinski definition) is 0. The molecule has 0 aromatic carbocycles. The van der Waals surface area contributed by atoms with Crippen LogP contribution in [0.5, 0.6) is 0 Å². The molecule has 10 heavy (non-hydrogen) atoms. The van der Waals surface area contributed by atoms with E-state index in [1.807, 2.05) is 0 Å². The quantitative estimate of drug-likeness (QED) is 0.287. The summed E-state index contributed by atoms with van der Waals surface area (Å²) in [5.41, 5.74) is 3.01. The van der Waals surface area contributed by atoms with Crippen LogP contribution in [0, 0.1) is 23.3 Å². The third-order valence-corrected chi connectivity index (χ3v) is 1.51. The Bertz CT molecular complexity index is 226. The summed E-state index contributed by atoms with van der Waals surface area (Å²) in [6.07, 6.45) is 0.554. The highest BCUT2D eigenvalue weighted by atomic mass is 28.3. The topological polar surface area (TPSA) is 17.1 Å². The van der Waals surface area contributed by atoms with Crippen molar-refractivity contribution in [1.82, 2.24) is 0 Å². The van der Waals surface area contributed by atoms with Crippen molar-refractivity contribution in [3.05, 3.63) is 0 Å². The number of carbonyl (C=O) groups is 1. The van der Waals surface area contributed by atoms with Crippen LogP contribution in [0.4, 0.5) is 0 Å². The summed E-state index contributed by atoms with van der Waals surface area (Å²) < 4.78 is 0. The Morgan fingerprint density at radius 3 is 2.20 bits per heavy atom. The molecular formula is C8H10OSi. The smallest absolute Gasteiger partial charge is 0.193 e. The van der Waals surface area contributed by atoms with Gasteiger partial charge in [-0.15, -0.1) is 5.54 Å². The standard InChI is InChI=1S/C8H10OSi/c1-10(2,3)8-6-4-5-7-9/h7H,1-3H3. The van der Waals surface area contributed by atoms with Crippen molar-refractivity contribution in [3.8, 4) is 23.3 Å². The first-order valence-corrected chi connectivity index (χ1v) is 6.52. The van der Waals surface area contributed by atoms with Crippen molar-refractivity contribution in [3.63, 3.8) is 0 Å². The Balaban J connectivity index is 4.06. The maximum absolute atomic E-state index is 9.70. The zero-order valence-corrected chi connectivity index (χ0v) is 7.49. The van der Waals surface area contributed by atoms with Crippen LogP contribution in [-0.4, -0.2) is 14.4 Å². The lowest BCUT2D eigenvalue weighted by atomic mass is 10.6. The van der Waals surface area contributed by atoms with Crippen LogP contribution in [0.1, 0.15) is 0 Å². The van der Waals surface area contributed by atoms with Crippen molar-refractivity contribution < 1.29 is 4.79 Å². The van der Waals surface area contributed by atoms with E-state index in [1.54, 1.807) is 0 Å². The summed E-state index contributed by atoms with van der Waals surface area (Å²) in [6.45, 7) is 6.38. The minimum absolute atomic E-state index is 0.554. The van der Waals surface area contributed by atoms with Gasteiger partial charge in [-0.25, -0.2) is 0 Å². The summed E-state index contributed by atoms with van der Waals surface area (Å²) >= 11 is 0. The lowest BCUT2D eigenvalue weighted by Gasteiger charge is -2.01. The van der Waals surface area contributed by atoms with Gasteiger partial charge in [0.25, 0.3) is 0 Å². The second kappa shape index (κ2) is 3.93. The van der Waals surface area contributed by atoms with Gasteiger partial charge in [0.2, 0.25) is 0 Å². The van der Waals surface area contributed by atoms with Crippen LogP contribution >= 0.6 is 0 Å². The summed E-state index contributed by atoms with van der Waals surface area (Å²) in [5.74, 6) is 7.33. The van der Waals surface area contributed by atoms with Gasteiger partial charge >= 0.3 is 0 Å². The van der Waals surface area contributed by atoms with Crippen molar-refractivity contribution in [2.45, 2.75) is 19.6 Å². The highest BCUT2D eigenvalue weighted by molar-refractivity contribution is 6.83. The van der Waals surface area contributed by atoms with Crippen molar-refractivity contribution >= 4 is 14.4 Å². The summed E-state index contributed by atoms with van der Waals surface area (Å²) in [4.78, 5) is 9.70. The molecule has 0 saturated carbocycles. The maximum Gasteiger partial charge on any atom is 0.193 e. The Morgan fingerprint density at radius 1 is 1.20 bits per heavy atom. The number of carbonyl (C=O) groups excluding carboxylic acids is 1. The van der Waals surface area contributed by atoms with Gasteiger partial charge in [-0.1, -0.05) is 19.6 Å². The van der Waals surface area contributed by atoms with E-state index in [2.05, 4.69) is 42.9 Å². The minimum atomic E-state index is -1.29. The fraction of sp³-hybridized carbons (Fsp3) is 0.375. The molecule has 0 heterocycles. The molecular weight excluding hydrogens is 140 g/mol. The van der Waals surface area contributed by atoms with E-state index in [1.165, 1.54) is 0 Å². The molecule has 0 aliphatic rings. The zero-order chi connectivity index (χ0) is 8.04. The van der Waals surface area contributed by atoms with Gasteiger partial charge in [0.1, 0.15) is 8.07 Å². The van der Waals surface area contributed by atoms with Gasteiger partial charge in [-0.05, 0) is 17.8 Å². The second-order valence-electron chi connectivity index (χ2n) is 2.89. The van der Waals surface area contributed by atoms with E-state index in [0.29, 0.717) is 6.29 Å². The van der Waals surface area contributed by atoms with Gasteiger partial charge in [-0.3, -0.25) is 4.79 Å². The minimum Gasteiger partial charge on any atom is -0.289 e. The molecule has 2 heteroatoms. The van der Waals surface area contributed by atoms with Crippen LogP contribution < -0.4 is 0 Å². The van der Waals surface area contributed by atoms with E-state index < -0.39 is 8.07 Å². The predicted molar refractivity (Wildman–Crippen MR) is 45.0 cm³/mol. The maximum atomic E-state index is 9.70. The fourth-order valence-electron chi connectivity index (χ4n) is 0.284. The average Bonchev–Trinajstić information content (AvgIpc) is 1.78. The van der Waals surface area contributed by atoms with Gasteiger partial charge in [-0.2, -0.15) is 0 Å². The summed E-state index contributed by atoms with van der Waals surface area (Å²) in [6, 6.07) is 0. The van der Waals surface area contributed by atoms with Crippen LogP contribution in [0.3, 0.4) is 0 Å². The summed E-state index contributed by atoms with van der Waals surface area (Å²) in [5, 5.41) is 0. The molecule has 0 aromatic heterocycles. The van der Waals surface area contributed by atoms with Crippen LogP contribution in [0.25, 0.3) is 0 Å². The Morgan fingerprint density at radius 2 is 1.80 bits per heavy atom. The fourth-order valence-corrected chi connectivity index (χ4v) is 0.722. The van der Waals surface area contributed by atoms with E-state index in [9.17, 15) is 4.79 Å². The third kappa shape index (κ3) is 7.01. The molecule has 0 atom stereocenters. The highest BCUT2D eigenvalue weighted by Gasteiger charge is 2.06. The molecule has 0 aromatic rings. The molecule has 52 valence electrons. The SMILES string of the molecule is C[Si](C)(C)C#CC#CC=O. The molecule has 0 saturated heterocycles. The number of aldehydes is 1. The van der Waals surface area contributed by atoms with Crippen molar-refractivity contribution in [2.24, 2.45) is 0 Å². The lowest BCUT2D eigenvalue weighted by molar-refractivity contribution is -0.103. The molecule has 0 rings (SSSR count). The highest BCUT2D eigenvalue weighted by Crippen LogP contribution is 1.95. The van der Waals surface area contributed by atoms with E-state index in [0.717, 1.165) is 0 Å². The number of hydrogen-bond acceptors (Lipinski definition) is 1. The molecule has 0 radical (unpaired) electrons. The Labute approximate surface area is 62.8 Å². The van der Waals surface area contributed by atoms with Crippen molar-refractivity contribution in [2.75, 3.05) is 0 Å². The first kappa shape index (κ1) is 9.01. The van der Waals surface area contributed by atoms with Crippen LogP contribution in [0.15, 0.2) is 0 Å². The Kier molecular flexibility index (Phi) is 3.54. The lowest BCUT2D eigenvalue weighted by Crippen LogP contribution is -2.16. The number of rotatable bonds is 0. The molecule has 0 aliphatic carbocycles. The van der Waals surface area contributed by atoms with Crippen LogP contribution in [0.2, 0.25) is 19.6 Å².